The summed E-state index contributed by atoms with van der Waals surface area (Å²) in [4.78, 5) is 4.31. The van der Waals surface area contributed by atoms with Crippen molar-refractivity contribution in [3.05, 3.63) is 59.2 Å². The first-order valence-corrected chi connectivity index (χ1v) is 10.1. The van der Waals surface area contributed by atoms with Crippen molar-refractivity contribution in [2.75, 3.05) is 33.5 Å². The number of nitrogens with one attached hydrogen (secondary N) is 2. The second-order valence-corrected chi connectivity index (χ2v) is 6.52. The van der Waals surface area contributed by atoms with E-state index < -0.39 is 0 Å². The molecule has 0 heterocycles. The smallest absolute Gasteiger partial charge is 0.191 e. The number of rotatable bonds is 11. The van der Waals surface area contributed by atoms with Crippen molar-refractivity contribution in [2.45, 2.75) is 33.9 Å². The maximum absolute atomic E-state index is 5.91. The van der Waals surface area contributed by atoms with Crippen LogP contribution >= 0.6 is 24.0 Å². The molecule has 0 unspecified atom stereocenters. The minimum atomic E-state index is 0. The minimum absolute atomic E-state index is 0. The number of halogens is 1. The molecule has 0 saturated carbocycles. The van der Waals surface area contributed by atoms with Gasteiger partial charge in [0, 0.05) is 32.3 Å². The maximum Gasteiger partial charge on any atom is 0.191 e. The molecule has 166 valence electrons. The van der Waals surface area contributed by atoms with Gasteiger partial charge >= 0.3 is 0 Å². The van der Waals surface area contributed by atoms with Crippen LogP contribution in [0.4, 0.5) is 0 Å². The molecule has 30 heavy (non-hydrogen) atoms. The van der Waals surface area contributed by atoms with E-state index >= 15 is 0 Å². The van der Waals surface area contributed by atoms with Crippen LogP contribution in [0.25, 0.3) is 0 Å². The van der Waals surface area contributed by atoms with Gasteiger partial charge in [0.05, 0.1) is 13.2 Å². The van der Waals surface area contributed by atoms with E-state index in [-0.39, 0.29) is 24.0 Å². The number of aliphatic imine (C=N–C) groups is 1. The fraction of sp³-hybridized carbons (Fsp3) is 0.435. The number of aryl methyl sites for hydroxylation is 1. The summed E-state index contributed by atoms with van der Waals surface area (Å²) in [5.41, 5.74) is 3.37. The fourth-order valence-electron chi connectivity index (χ4n) is 2.79. The highest BCUT2D eigenvalue weighted by Gasteiger charge is 2.06. The molecule has 2 aromatic carbocycles. The standard InChI is InChI=1S/C23H33N3O3.HI/c1-5-27-12-13-29-22-14-18(3)10-11-20(22)17-26-23(24-4)25-16-19-8-7-9-21(15-19)28-6-2;/h7-11,14-15H,5-6,12-13,16-17H2,1-4H3,(H2,24,25,26);1H. The molecule has 0 saturated heterocycles. The molecule has 0 amide bonds. The Morgan fingerprint density at radius 2 is 1.73 bits per heavy atom. The van der Waals surface area contributed by atoms with E-state index in [1.165, 1.54) is 0 Å². The van der Waals surface area contributed by atoms with Crippen LogP contribution < -0.4 is 20.1 Å². The molecule has 0 aliphatic carbocycles. The average Bonchev–Trinajstić information content (AvgIpc) is 2.73. The first kappa shape index (κ1) is 26.0. The van der Waals surface area contributed by atoms with Crippen molar-refractivity contribution in [1.82, 2.24) is 10.6 Å². The Morgan fingerprint density at radius 1 is 0.933 bits per heavy atom. The molecule has 0 aliphatic heterocycles. The molecule has 2 aromatic rings. The molecule has 0 atom stereocenters. The van der Waals surface area contributed by atoms with Crippen molar-refractivity contribution < 1.29 is 14.2 Å². The van der Waals surface area contributed by atoms with Gasteiger partial charge < -0.3 is 24.8 Å². The lowest BCUT2D eigenvalue weighted by molar-refractivity contribution is 0.110. The number of guanidine groups is 1. The number of benzene rings is 2. The van der Waals surface area contributed by atoms with Gasteiger partial charge in [0.1, 0.15) is 18.1 Å². The number of nitrogens with zero attached hydrogens (tertiary/aromatic N) is 1. The van der Waals surface area contributed by atoms with Gasteiger partial charge in [-0.25, -0.2) is 0 Å². The average molecular weight is 527 g/mol. The molecule has 0 bridgehead atoms. The zero-order chi connectivity index (χ0) is 20.9. The van der Waals surface area contributed by atoms with E-state index in [0.717, 1.165) is 34.1 Å². The molecule has 0 spiro atoms. The van der Waals surface area contributed by atoms with Crippen LogP contribution in [0.5, 0.6) is 11.5 Å². The Hall–Kier alpha value is -2.00. The summed E-state index contributed by atoms with van der Waals surface area (Å²) in [7, 11) is 1.76. The van der Waals surface area contributed by atoms with E-state index in [4.69, 9.17) is 14.2 Å². The van der Waals surface area contributed by atoms with E-state index in [9.17, 15) is 0 Å². The third-order valence-corrected chi connectivity index (χ3v) is 4.25. The Labute approximate surface area is 197 Å². The number of hydrogen-bond acceptors (Lipinski definition) is 4. The van der Waals surface area contributed by atoms with Crippen LogP contribution in [0, 0.1) is 6.92 Å². The molecular formula is C23H34IN3O3. The topological polar surface area (TPSA) is 64.1 Å². The molecule has 0 aromatic heterocycles. The van der Waals surface area contributed by atoms with Crippen molar-refractivity contribution in [1.29, 1.82) is 0 Å². The van der Waals surface area contributed by atoms with Gasteiger partial charge in [0.2, 0.25) is 0 Å². The van der Waals surface area contributed by atoms with E-state index in [0.29, 0.717) is 39.5 Å². The molecule has 2 N–H and O–H groups in total. The van der Waals surface area contributed by atoms with E-state index in [1.54, 1.807) is 7.05 Å². The van der Waals surface area contributed by atoms with Crippen molar-refractivity contribution in [2.24, 2.45) is 4.99 Å². The summed E-state index contributed by atoms with van der Waals surface area (Å²) >= 11 is 0. The van der Waals surface area contributed by atoms with Gasteiger partial charge in [0.25, 0.3) is 0 Å². The predicted octanol–water partition coefficient (Wildman–Crippen LogP) is 4.29. The highest BCUT2D eigenvalue weighted by Crippen LogP contribution is 2.20. The lowest BCUT2D eigenvalue weighted by Crippen LogP contribution is -2.36. The highest BCUT2D eigenvalue weighted by molar-refractivity contribution is 14.0. The lowest BCUT2D eigenvalue weighted by atomic mass is 10.1. The second kappa shape index (κ2) is 14.9. The third-order valence-electron chi connectivity index (χ3n) is 4.25. The Bertz CT molecular complexity index is 784. The zero-order valence-electron chi connectivity index (χ0n) is 18.4. The molecule has 0 aliphatic rings. The molecular weight excluding hydrogens is 493 g/mol. The fourth-order valence-corrected chi connectivity index (χ4v) is 2.79. The Balaban J connectivity index is 0.00000450. The van der Waals surface area contributed by atoms with Gasteiger partial charge in [-0.15, -0.1) is 24.0 Å². The number of hydrogen-bond donors (Lipinski definition) is 2. The van der Waals surface area contributed by atoms with Crippen molar-refractivity contribution in [3.63, 3.8) is 0 Å². The molecule has 0 fully saturated rings. The molecule has 6 nitrogen and oxygen atoms in total. The summed E-state index contributed by atoms with van der Waals surface area (Å²) in [5.74, 6) is 2.48. The molecule has 0 radical (unpaired) electrons. The van der Waals surface area contributed by atoms with Crippen LogP contribution in [-0.4, -0.2) is 39.4 Å². The first-order valence-electron chi connectivity index (χ1n) is 10.1. The maximum atomic E-state index is 5.91. The predicted molar refractivity (Wildman–Crippen MR) is 133 cm³/mol. The van der Waals surface area contributed by atoms with Crippen LogP contribution in [0.1, 0.15) is 30.5 Å². The van der Waals surface area contributed by atoms with Crippen LogP contribution in [0.15, 0.2) is 47.5 Å². The van der Waals surface area contributed by atoms with Crippen LogP contribution in [0.3, 0.4) is 0 Å². The second-order valence-electron chi connectivity index (χ2n) is 6.52. The van der Waals surface area contributed by atoms with Gasteiger partial charge in [-0.05, 0) is 50.1 Å². The van der Waals surface area contributed by atoms with Crippen LogP contribution in [0.2, 0.25) is 0 Å². The van der Waals surface area contributed by atoms with Gasteiger partial charge in [-0.3, -0.25) is 4.99 Å². The lowest BCUT2D eigenvalue weighted by Gasteiger charge is -2.16. The largest absolute Gasteiger partial charge is 0.494 e. The first-order chi connectivity index (χ1) is 14.2. The Kier molecular flexibility index (Phi) is 12.9. The van der Waals surface area contributed by atoms with Gasteiger partial charge in [-0.1, -0.05) is 24.3 Å². The summed E-state index contributed by atoms with van der Waals surface area (Å²) < 4.78 is 16.8. The Morgan fingerprint density at radius 3 is 2.47 bits per heavy atom. The summed E-state index contributed by atoms with van der Waals surface area (Å²) in [6.07, 6.45) is 0. The summed E-state index contributed by atoms with van der Waals surface area (Å²) in [6, 6.07) is 14.3. The van der Waals surface area contributed by atoms with Crippen molar-refractivity contribution >= 4 is 29.9 Å². The zero-order valence-corrected chi connectivity index (χ0v) is 20.7. The van der Waals surface area contributed by atoms with E-state index in [2.05, 4.69) is 46.8 Å². The molecule has 2 rings (SSSR count). The minimum Gasteiger partial charge on any atom is -0.494 e. The SMILES string of the molecule is CCOCCOc1cc(C)ccc1CNC(=NC)NCc1cccc(OCC)c1.I. The summed E-state index contributed by atoms with van der Waals surface area (Å²) in [5, 5.41) is 6.69. The summed E-state index contributed by atoms with van der Waals surface area (Å²) in [6.45, 7) is 9.77. The van der Waals surface area contributed by atoms with E-state index in [1.807, 2.05) is 32.0 Å². The normalized spacial score (nSPS) is 10.9. The molecule has 7 heteroatoms. The number of ether oxygens (including phenoxy) is 3. The van der Waals surface area contributed by atoms with Crippen LogP contribution in [-0.2, 0) is 17.8 Å². The quantitative estimate of drug-likeness (QED) is 0.198. The monoisotopic (exact) mass is 527 g/mol. The van der Waals surface area contributed by atoms with Gasteiger partial charge in [-0.2, -0.15) is 0 Å². The van der Waals surface area contributed by atoms with Gasteiger partial charge in [0.15, 0.2) is 5.96 Å². The third kappa shape index (κ3) is 9.21. The van der Waals surface area contributed by atoms with Crippen molar-refractivity contribution in [3.8, 4) is 11.5 Å². The highest BCUT2D eigenvalue weighted by atomic mass is 127.